The minimum Gasteiger partial charge on any atom is -0.462 e. The van der Waals surface area contributed by atoms with Crippen molar-refractivity contribution in [2.24, 2.45) is 0 Å². The highest BCUT2D eigenvalue weighted by Crippen LogP contribution is 2.16. The molecule has 1 unspecified atom stereocenters. The SMILES string of the molecule is CC/C=C\C/C=C\C/C=C\C/C=C\C/C=C\C/C=C\CCCCCCCCCCCCCCCCC(=O)OCC(COC(=O)CCCCCCC/C=C\CCCCC)OC(=O)CCCCCC/C=C\C/C=C\C/C=C\C/C=C\CC. The number of hydrogen-bond donors (Lipinski definition) is 0. The van der Waals surface area contributed by atoms with Crippen LogP contribution in [-0.4, -0.2) is 37.2 Å². The molecule has 0 saturated carbocycles. The molecule has 454 valence electrons. The van der Waals surface area contributed by atoms with Crippen LogP contribution in [0.3, 0.4) is 0 Å². The van der Waals surface area contributed by atoms with Gasteiger partial charge in [-0.1, -0.05) is 276 Å². The van der Waals surface area contributed by atoms with E-state index < -0.39 is 6.10 Å². The van der Waals surface area contributed by atoms with Gasteiger partial charge < -0.3 is 14.2 Å². The van der Waals surface area contributed by atoms with E-state index in [1.54, 1.807) is 0 Å². The summed E-state index contributed by atoms with van der Waals surface area (Å²) in [7, 11) is 0. The van der Waals surface area contributed by atoms with Crippen molar-refractivity contribution < 1.29 is 28.6 Å². The van der Waals surface area contributed by atoms with Crippen molar-refractivity contribution in [3.05, 3.63) is 134 Å². The van der Waals surface area contributed by atoms with Crippen LogP contribution in [0.2, 0.25) is 0 Å². The molecule has 0 spiro atoms. The van der Waals surface area contributed by atoms with Gasteiger partial charge >= 0.3 is 17.9 Å². The Bertz CT molecular complexity index is 1700. The molecular formula is C74H122O6. The van der Waals surface area contributed by atoms with E-state index in [4.69, 9.17) is 14.2 Å². The van der Waals surface area contributed by atoms with Crippen LogP contribution in [0.15, 0.2) is 134 Å². The summed E-state index contributed by atoms with van der Waals surface area (Å²) in [5.41, 5.74) is 0. The van der Waals surface area contributed by atoms with Gasteiger partial charge in [0.1, 0.15) is 13.2 Å². The van der Waals surface area contributed by atoms with E-state index in [0.717, 1.165) is 148 Å². The first kappa shape index (κ1) is 75.5. The standard InChI is InChI=1S/C74H122O6/c1-4-7-10-13-16-19-22-25-27-29-30-31-32-33-34-35-36-37-38-39-40-41-42-43-44-46-47-49-52-55-58-61-64-67-73(76)79-70-71(69-78-72(75)66-63-60-57-54-51-24-21-18-15-12-9-6-3)80-74(77)68-65-62-59-56-53-50-48-45-28-26-23-20-17-14-11-8-5-2/h7-8,10-11,16-21,25-28,30-31,33-34,36-37,48,50,71H,4-6,9,12-15,22-24,29,32,35,38-47,49,51-70H2,1-3H3/b10-7-,11-8-,19-16-,20-17-,21-18-,27-25-,28-26-,31-30-,34-33-,37-36-,50-48-. The average molecular weight is 1110 g/mol. The third-order valence-corrected chi connectivity index (χ3v) is 13.9. The van der Waals surface area contributed by atoms with Crippen molar-refractivity contribution in [1.29, 1.82) is 0 Å². The Hall–Kier alpha value is -4.45. The van der Waals surface area contributed by atoms with Gasteiger partial charge in [-0.3, -0.25) is 14.4 Å². The molecule has 0 heterocycles. The first-order valence-corrected chi connectivity index (χ1v) is 33.2. The molecule has 0 aliphatic heterocycles. The minimum absolute atomic E-state index is 0.0924. The Morgan fingerprint density at radius 2 is 0.487 bits per heavy atom. The molecule has 0 bridgehead atoms. The number of ether oxygens (including phenoxy) is 3. The number of allylic oxidation sites excluding steroid dienone is 22. The lowest BCUT2D eigenvalue weighted by molar-refractivity contribution is -0.167. The molecule has 1 atom stereocenters. The largest absolute Gasteiger partial charge is 0.462 e. The average Bonchev–Trinajstić information content (AvgIpc) is 3.46. The van der Waals surface area contributed by atoms with Gasteiger partial charge in [-0.15, -0.1) is 0 Å². The fraction of sp³-hybridized carbons (Fsp3) is 0.662. The van der Waals surface area contributed by atoms with E-state index in [1.807, 2.05) is 0 Å². The number of carbonyl (C=O) groups excluding carboxylic acids is 3. The van der Waals surface area contributed by atoms with Crippen molar-refractivity contribution in [2.75, 3.05) is 13.2 Å². The highest BCUT2D eigenvalue weighted by molar-refractivity contribution is 5.71. The van der Waals surface area contributed by atoms with Gasteiger partial charge in [-0.2, -0.15) is 0 Å². The van der Waals surface area contributed by atoms with Crippen LogP contribution in [0, 0.1) is 0 Å². The number of unbranched alkanes of at least 4 members (excludes halogenated alkanes) is 26. The summed E-state index contributed by atoms with van der Waals surface area (Å²) in [6, 6.07) is 0. The molecular weight excluding hydrogens is 985 g/mol. The molecule has 0 aromatic carbocycles. The van der Waals surface area contributed by atoms with Crippen LogP contribution in [0.1, 0.15) is 297 Å². The minimum atomic E-state index is -0.798. The number of hydrogen-bond acceptors (Lipinski definition) is 6. The number of carbonyl (C=O) groups is 3. The Morgan fingerprint density at radius 3 is 0.775 bits per heavy atom. The van der Waals surface area contributed by atoms with E-state index in [1.165, 1.54) is 109 Å². The predicted octanol–water partition coefficient (Wildman–Crippen LogP) is 22.9. The van der Waals surface area contributed by atoms with Crippen molar-refractivity contribution in [3.8, 4) is 0 Å². The first-order valence-electron chi connectivity index (χ1n) is 33.2. The molecule has 0 fully saturated rings. The fourth-order valence-corrected chi connectivity index (χ4v) is 8.96. The number of rotatable bonds is 59. The molecule has 0 aromatic heterocycles. The van der Waals surface area contributed by atoms with Gasteiger partial charge in [0.05, 0.1) is 0 Å². The molecule has 6 heteroatoms. The lowest BCUT2D eigenvalue weighted by atomic mass is 10.0. The van der Waals surface area contributed by atoms with Crippen LogP contribution in [-0.2, 0) is 28.6 Å². The molecule has 0 aliphatic carbocycles. The zero-order valence-electron chi connectivity index (χ0n) is 52.0. The summed E-state index contributed by atoms with van der Waals surface area (Å²) < 4.78 is 16.9. The van der Waals surface area contributed by atoms with Crippen LogP contribution in [0.4, 0.5) is 0 Å². The summed E-state index contributed by atoms with van der Waals surface area (Å²) in [6.45, 7) is 6.37. The molecule has 0 radical (unpaired) electrons. The van der Waals surface area contributed by atoms with Crippen LogP contribution < -0.4 is 0 Å². The lowest BCUT2D eigenvalue weighted by Crippen LogP contribution is -2.30. The molecule has 0 amide bonds. The third-order valence-electron chi connectivity index (χ3n) is 13.9. The summed E-state index contributed by atoms with van der Waals surface area (Å²) in [6.07, 6.45) is 94.7. The smallest absolute Gasteiger partial charge is 0.306 e. The zero-order valence-corrected chi connectivity index (χ0v) is 52.0. The van der Waals surface area contributed by atoms with Gasteiger partial charge in [-0.05, 0) is 135 Å². The topological polar surface area (TPSA) is 78.9 Å². The van der Waals surface area contributed by atoms with E-state index in [0.29, 0.717) is 19.3 Å². The Labute approximate surface area is 494 Å². The summed E-state index contributed by atoms with van der Waals surface area (Å²) in [4.78, 5) is 38.3. The fourth-order valence-electron chi connectivity index (χ4n) is 8.96. The normalized spacial score (nSPS) is 13.0. The van der Waals surface area contributed by atoms with Crippen molar-refractivity contribution >= 4 is 17.9 Å². The van der Waals surface area contributed by atoms with Gasteiger partial charge in [0.25, 0.3) is 0 Å². The van der Waals surface area contributed by atoms with Gasteiger partial charge in [0.15, 0.2) is 6.10 Å². The predicted molar refractivity (Wildman–Crippen MR) is 348 cm³/mol. The molecule has 0 rings (SSSR count). The quantitative estimate of drug-likeness (QED) is 0.0261. The van der Waals surface area contributed by atoms with Crippen molar-refractivity contribution in [1.82, 2.24) is 0 Å². The van der Waals surface area contributed by atoms with Gasteiger partial charge in [0, 0.05) is 19.3 Å². The summed E-state index contributed by atoms with van der Waals surface area (Å²) in [5, 5.41) is 0. The van der Waals surface area contributed by atoms with Crippen LogP contribution >= 0.6 is 0 Å². The second-order valence-electron chi connectivity index (χ2n) is 21.6. The van der Waals surface area contributed by atoms with Crippen LogP contribution in [0.25, 0.3) is 0 Å². The molecule has 0 aromatic rings. The second-order valence-corrected chi connectivity index (χ2v) is 21.6. The Kier molecular flexibility index (Phi) is 63.3. The van der Waals surface area contributed by atoms with Crippen molar-refractivity contribution in [2.45, 2.75) is 303 Å². The summed E-state index contributed by atoms with van der Waals surface area (Å²) in [5.74, 6) is -0.922. The highest BCUT2D eigenvalue weighted by Gasteiger charge is 2.19. The van der Waals surface area contributed by atoms with Gasteiger partial charge in [0.2, 0.25) is 0 Å². The molecule has 0 aliphatic rings. The maximum Gasteiger partial charge on any atom is 0.306 e. The Balaban J connectivity index is 4.23. The van der Waals surface area contributed by atoms with E-state index in [2.05, 4.69) is 154 Å². The molecule has 0 N–H and O–H groups in total. The second kappa shape index (κ2) is 67.1. The molecule has 0 saturated heterocycles. The number of esters is 3. The molecule has 80 heavy (non-hydrogen) atoms. The van der Waals surface area contributed by atoms with Crippen LogP contribution in [0.5, 0.6) is 0 Å². The van der Waals surface area contributed by atoms with E-state index in [-0.39, 0.29) is 31.1 Å². The molecule has 6 nitrogen and oxygen atoms in total. The maximum absolute atomic E-state index is 12.9. The first-order chi connectivity index (χ1) is 39.5. The van der Waals surface area contributed by atoms with E-state index >= 15 is 0 Å². The zero-order chi connectivity index (χ0) is 57.8. The van der Waals surface area contributed by atoms with Crippen molar-refractivity contribution in [3.63, 3.8) is 0 Å². The highest BCUT2D eigenvalue weighted by atomic mass is 16.6. The lowest BCUT2D eigenvalue weighted by Gasteiger charge is -2.18. The third kappa shape index (κ3) is 64.4. The monoisotopic (exact) mass is 1110 g/mol. The van der Waals surface area contributed by atoms with Gasteiger partial charge in [-0.25, -0.2) is 0 Å². The maximum atomic E-state index is 12.9. The Morgan fingerprint density at radius 1 is 0.263 bits per heavy atom. The van der Waals surface area contributed by atoms with E-state index in [9.17, 15) is 14.4 Å². The summed E-state index contributed by atoms with van der Waals surface area (Å²) >= 11 is 0.